The van der Waals surface area contributed by atoms with Crippen molar-refractivity contribution in [2.45, 2.75) is 45.4 Å². The Balaban J connectivity index is 3.91. The highest BCUT2D eigenvalue weighted by Gasteiger charge is 2.19. The molecule has 0 rings (SSSR count). The molecule has 114 valence electrons. The molecule has 6 nitrogen and oxygen atoms in total. The van der Waals surface area contributed by atoms with Crippen LogP contribution in [0.15, 0.2) is 0 Å². The van der Waals surface area contributed by atoms with Gasteiger partial charge in [0.15, 0.2) is 0 Å². The topological polar surface area (TPSA) is 88.0 Å². The molecule has 0 aromatic heterocycles. The highest BCUT2D eigenvalue weighted by atomic mass is 16.5. The van der Waals surface area contributed by atoms with Crippen LogP contribution < -0.4 is 5.32 Å². The molecule has 0 heterocycles. The maximum absolute atomic E-state index is 11.0. The van der Waals surface area contributed by atoms with E-state index in [4.69, 9.17) is 14.6 Å². The summed E-state index contributed by atoms with van der Waals surface area (Å²) in [6.45, 7) is 6.59. The Morgan fingerprint density at radius 3 is 2.37 bits per heavy atom. The third kappa shape index (κ3) is 9.84. The quantitative estimate of drug-likeness (QED) is 0.509. The van der Waals surface area contributed by atoms with E-state index in [1.54, 1.807) is 7.11 Å². The van der Waals surface area contributed by atoms with Gasteiger partial charge < -0.3 is 25.0 Å². The van der Waals surface area contributed by atoms with Gasteiger partial charge in [-0.2, -0.15) is 0 Å². The molecule has 0 bridgehead atoms. The zero-order valence-electron chi connectivity index (χ0n) is 12.3. The number of carbonyl (C=O) groups is 1. The fourth-order valence-electron chi connectivity index (χ4n) is 1.64. The molecule has 3 N–H and O–H groups in total. The van der Waals surface area contributed by atoms with Crippen LogP contribution in [0.4, 0.5) is 0 Å². The Hall–Kier alpha value is -0.690. The van der Waals surface area contributed by atoms with Gasteiger partial charge in [0.05, 0.1) is 25.4 Å². The predicted molar refractivity (Wildman–Crippen MR) is 72.2 cm³/mol. The lowest BCUT2D eigenvalue weighted by molar-refractivity contribution is -0.140. The average Bonchev–Trinajstić information content (AvgIpc) is 2.31. The molecule has 0 aromatic rings. The number of aliphatic carboxylic acids is 1. The number of rotatable bonds is 11. The van der Waals surface area contributed by atoms with Gasteiger partial charge in [-0.25, -0.2) is 0 Å². The van der Waals surface area contributed by atoms with E-state index in [9.17, 15) is 9.90 Å². The van der Waals surface area contributed by atoms with Gasteiger partial charge in [-0.05, 0) is 19.3 Å². The maximum atomic E-state index is 11.0. The standard InChI is InChI=1S/C13H27NO5/c1-9(2)5-12(13(16)17)14-6-11(15)8-19-10(3)7-18-4/h9-12,14-15H,5-8H2,1-4H3,(H,16,17). The lowest BCUT2D eigenvalue weighted by Crippen LogP contribution is -2.43. The predicted octanol–water partition coefficient (Wildman–Crippen LogP) is 0.488. The van der Waals surface area contributed by atoms with Crippen molar-refractivity contribution < 1.29 is 24.5 Å². The number of ether oxygens (including phenoxy) is 2. The van der Waals surface area contributed by atoms with Gasteiger partial charge in [-0.1, -0.05) is 13.8 Å². The van der Waals surface area contributed by atoms with Gasteiger partial charge >= 0.3 is 5.97 Å². The fourth-order valence-corrected chi connectivity index (χ4v) is 1.64. The number of carboxylic acid groups (broad SMARTS) is 1. The molecule has 0 fully saturated rings. The third-order valence-corrected chi connectivity index (χ3v) is 2.58. The second-order valence-corrected chi connectivity index (χ2v) is 5.18. The summed E-state index contributed by atoms with van der Waals surface area (Å²) < 4.78 is 10.3. The first kappa shape index (κ1) is 18.3. The van der Waals surface area contributed by atoms with Crippen LogP contribution in [0.5, 0.6) is 0 Å². The zero-order valence-corrected chi connectivity index (χ0v) is 12.3. The number of aliphatic hydroxyl groups excluding tert-OH is 1. The second-order valence-electron chi connectivity index (χ2n) is 5.18. The van der Waals surface area contributed by atoms with Crippen molar-refractivity contribution >= 4 is 5.97 Å². The minimum Gasteiger partial charge on any atom is -0.480 e. The number of nitrogens with one attached hydrogen (secondary N) is 1. The average molecular weight is 277 g/mol. The van der Waals surface area contributed by atoms with Crippen LogP contribution in [0.25, 0.3) is 0 Å². The molecular formula is C13H27NO5. The maximum Gasteiger partial charge on any atom is 0.320 e. The molecule has 3 unspecified atom stereocenters. The summed E-state index contributed by atoms with van der Waals surface area (Å²) in [7, 11) is 1.58. The molecule has 0 aromatic carbocycles. The van der Waals surface area contributed by atoms with E-state index in [-0.39, 0.29) is 25.2 Å². The lowest BCUT2D eigenvalue weighted by Gasteiger charge is -2.20. The first-order valence-electron chi connectivity index (χ1n) is 6.61. The molecule has 0 aliphatic heterocycles. The molecule has 0 aliphatic carbocycles. The summed E-state index contributed by atoms with van der Waals surface area (Å²) in [4.78, 5) is 11.0. The summed E-state index contributed by atoms with van der Waals surface area (Å²) in [5.74, 6) is -0.613. The van der Waals surface area contributed by atoms with Gasteiger partial charge in [-0.3, -0.25) is 4.79 Å². The molecule has 0 saturated heterocycles. The van der Waals surface area contributed by atoms with Crippen LogP contribution in [0.2, 0.25) is 0 Å². The Bertz CT molecular complexity index is 247. The van der Waals surface area contributed by atoms with E-state index >= 15 is 0 Å². The largest absolute Gasteiger partial charge is 0.480 e. The second kappa shape index (κ2) is 10.1. The van der Waals surface area contributed by atoms with Crippen LogP contribution in [0, 0.1) is 5.92 Å². The van der Waals surface area contributed by atoms with Gasteiger partial charge in [0, 0.05) is 13.7 Å². The molecule has 0 saturated carbocycles. The Labute approximate surface area is 115 Å². The van der Waals surface area contributed by atoms with Gasteiger partial charge in [0.25, 0.3) is 0 Å². The Kier molecular flexibility index (Phi) is 9.77. The minimum atomic E-state index is -0.894. The molecule has 3 atom stereocenters. The number of hydrogen-bond donors (Lipinski definition) is 3. The molecular weight excluding hydrogens is 250 g/mol. The molecule has 6 heteroatoms. The molecule has 0 radical (unpaired) electrons. The van der Waals surface area contributed by atoms with Crippen molar-refractivity contribution in [3.05, 3.63) is 0 Å². The molecule has 0 spiro atoms. The molecule has 19 heavy (non-hydrogen) atoms. The van der Waals surface area contributed by atoms with Crippen molar-refractivity contribution in [2.75, 3.05) is 26.9 Å². The van der Waals surface area contributed by atoms with Gasteiger partial charge in [0.2, 0.25) is 0 Å². The van der Waals surface area contributed by atoms with Crippen LogP contribution in [-0.2, 0) is 14.3 Å². The van der Waals surface area contributed by atoms with E-state index in [1.807, 2.05) is 20.8 Å². The Morgan fingerprint density at radius 1 is 1.26 bits per heavy atom. The van der Waals surface area contributed by atoms with Crippen LogP contribution in [0.3, 0.4) is 0 Å². The first-order chi connectivity index (χ1) is 8.86. The minimum absolute atomic E-state index is 0.0921. The SMILES string of the molecule is COCC(C)OCC(O)CNC(CC(C)C)C(=O)O. The summed E-state index contributed by atoms with van der Waals surface area (Å²) in [5, 5.41) is 21.6. The Morgan fingerprint density at radius 2 is 1.89 bits per heavy atom. The van der Waals surface area contributed by atoms with Crippen molar-refractivity contribution in [3.63, 3.8) is 0 Å². The number of methoxy groups -OCH3 is 1. The lowest BCUT2D eigenvalue weighted by atomic mass is 10.0. The van der Waals surface area contributed by atoms with E-state index in [1.165, 1.54) is 0 Å². The summed E-state index contributed by atoms with van der Waals surface area (Å²) in [6.07, 6.45) is -0.290. The number of carboxylic acids is 1. The molecule has 0 amide bonds. The number of aliphatic hydroxyl groups is 1. The van der Waals surface area contributed by atoms with E-state index < -0.39 is 18.1 Å². The van der Waals surface area contributed by atoms with Crippen molar-refractivity contribution in [1.29, 1.82) is 0 Å². The van der Waals surface area contributed by atoms with Gasteiger partial charge in [-0.15, -0.1) is 0 Å². The van der Waals surface area contributed by atoms with Crippen LogP contribution in [-0.4, -0.2) is 61.3 Å². The van der Waals surface area contributed by atoms with Crippen molar-refractivity contribution in [1.82, 2.24) is 5.32 Å². The zero-order chi connectivity index (χ0) is 14.8. The van der Waals surface area contributed by atoms with Gasteiger partial charge in [0.1, 0.15) is 6.04 Å². The third-order valence-electron chi connectivity index (χ3n) is 2.58. The van der Waals surface area contributed by atoms with Crippen molar-refractivity contribution in [3.8, 4) is 0 Å². The molecule has 0 aliphatic rings. The highest BCUT2D eigenvalue weighted by molar-refractivity contribution is 5.73. The fraction of sp³-hybridized carbons (Fsp3) is 0.923. The van der Waals surface area contributed by atoms with Crippen LogP contribution in [0.1, 0.15) is 27.2 Å². The van der Waals surface area contributed by atoms with E-state index in [2.05, 4.69) is 5.32 Å². The summed E-state index contributed by atoms with van der Waals surface area (Å²) in [6, 6.07) is -0.633. The van der Waals surface area contributed by atoms with Crippen LogP contribution >= 0.6 is 0 Å². The first-order valence-corrected chi connectivity index (χ1v) is 6.61. The highest BCUT2D eigenvalue weighted by Crippen LogP contribution is 2.05. The van der Waals surface area contributed by atoms with E-state index in [0.29, 0.717) is 13.0 Å². The monoisotopic (exact) mass is 277 g/mol. The van der Waals surface area contributed by atoms with Crippen molar-refractivity contribution in [2.24, 2.45) is 5.92 Å². The smallest absolute Gasteiger partial charge is 0.320 e. The number of hydrogen-bond acceptors (Lipinski definition) is 5. The summed E-state index contributed by atoms with van der Waals surface area (Å²) >= 11 is 0. The summed E-state index contributed by atoms with van der Waals surface area (Å²) in [5.41, 5.74) is 0. The normalized spacial score (nSPS) is 16.3. The van der Waals surface area contributed by atoms with E-state index in [0.717, 1.165) is 0 Å².